The van der Waals surface area contributed by atoms with Crippen molar-refractivity contribution in [3.05, 3.63) is 17.0 Å². The molecule has 0 N–H and O–H groups in total. The third-order valence-electron chi connectivity index (χ3n) is 4.03. The second-order valence-corrected chi connectivity index (χ2v) is 9.89. The van der Waals surface area contributed by atoms with Crippen LogP contribution in [0.15, 0.2) is 17.0 Å². The summed E-state index contributed by atoms with van der Waals surface area (Å²) in [7, 11) is -2.49. The molecule has 0 spiro atoms. The van der Waals surface area contributed by atoms with Gasteiger partial charge in [0.15, 0.2) is 11.3 Å². The minimum atomic E-state index is -2.49. The maximum atomic E-state index is 13.1. The van der Waals surface area contributed by atoms with E-state index in [-0.39, 0.29) is 28.8 Å². The van der Waals surface area contributed by atoms with Gasteiger partial charge in [0.1, 0.15) is 19.1 Å². The van der Waals surface area contributed by atoms with Crippen molar-refractivity contribution in [1.29, 1.82) is 0 Å². The van der Waals surface area contributed by atoms with Crippen LogP contribution in [0.1, 0.15) is 59.8 Å². The normalized spacial score (nSPS) is 10.5. The van der Waals surface area contributed by atoms with Gasteiger partial charge < -0.3 is 0 Å². The first-order chi connectivity index (χ1) is 11.4. The van der Waals surface area contributed by atoms with Crippen LogP contribution in [0.4, 0.5) is 0 Å². The number of carbonyl (C=O) groups excluding carboxylic acids is 4. The third-order valence-corrected chi connectivity index (χ3v) is 8.76. The predicted molar refractivity (Wildman–Crippen MR) is 99.6 cm³/mol. The Morgan fingerprint density at radius 2 is 1.54 bits per heavy atom. The highest BCUT2D eigenvalue weighted by Crippen LogP contribution is 2.69. The molecule has 0 bridgehead atoms. The molecule has 0 amide bonds. The molecule has 0 radical (unpaired) electrons. The van der Waals surface area contributed by atoms with E-state index in [1.54, 1.807) is 11.9 Å². The van der Waals surface area contributed by atoms with Gasteiger partial charge in [-0.25, -0.2) is 14.4 Å². The Morgan fingerprint density at radius 3 is 1.88 bits per heavy atom. The minimum absolute atomic E-state index is 0.0249. The van der Waals surface area contributed by atoms with Gasteiger partial charge in [0.25, 0.3) is 5.52 Å². The summed E-state index contributed by atoms with van der Waals surface area (Å²) in [4.78, 5) is 46.7. The van der Waals surface area contributed by atoms with Crippen LogP contribution in [-0.2, 0) is 19.2 Å². The summed E-state index contributed by atoms with van der Waals surface area (Å²) in [5.41, 5.74) is 0.147. The summed E-state index contributed by atoms with van der Waals surface area (Å²) in [6.45, 7) is 7.72. The summed E-state index contributed by atoms with van der Waals surface area (Å²) in [5.74, 6) is 5.07. The van der Waals surface area contributed by atoms with Crippen molar-refractivity contribution in [2.24, 2.45) is 5.92 Å². The Morgan fingerprint density at radius 1 is 1.00 bits per heavy atom. The summed E-state index contributed by atoms with van der Waals surface area (Å²) >= 11 is 0. The molecular weight excluding hydrogens is 323 g/mol. The topological polar surface area (TPSA) is 68.3 Å². The van der Waals surface area contributed by atoms with Crippen molar-refractivity contribution in [1.82, 2.24) is 0 Å². The highest BCUT2D eigenvalue weighted by Gasteiger charge is 2.52. The maximum absolute atomic E-state index is 13.1. The molecule has 0 aliphatic heterocycles. The number of carbonyl (C=O) groups is 1. The van der Waals surface area contributed by atoms with Gasteiger partial charge in [-0.3, -0.25) is 4.79 Å². The molecular formula is C19H28O4P+. The number of hydrogen-bond donors (Lipinski definition) is 0. The van der Waals surface area contributed by atoms with E-state index in [0.29, 0.717) is 12.3 Å². The quantitative estimate of drug-likeness (QED) is 0.302. The molecule has 0 aliphatic carbocycles. The molecule has 0 aromatic carbocycles. The minimum Gasteiger partial charge on any atom is -0.252 e. The van der Waals surface area contributed by atoms with Gasteiger partial charge in [0, 0.05) is 12.5 Å². The zero-order valence-corrected chi connectivity index (χ0v) is 16.1. The predicted octanol–water partition coefficient (Wildman–Crippen LogP) is 4.04. The Hall–Kier alpha value is -1.55. The molecule has 132 valence electrons. The van der Waals surface area contributed by atoms with Crippen LogP contribution in [0.25, 0.3) is 0 Å². The van der Waals surface area contributed by atoms with Crippen molar-refractivity contribution in [3.63, 3.8) is 0 Å². The highest BCUT2D eigenvalue weighted by atomic mass is 31.2. The second-order valence-electron chi connectivity index (χ2n) is 6.17. The average Bonchev–Trinajstić information content (AvgIpc) is 2.59. The molecule has 0 atom stereocenters. The van der Waals surface area contributed by atoms with E-state index < -0.39 is 7.26 Å². The van der Waals surface area contributed by atoms with Crippen molar-refractivity contribution < 1.29 is 19.2 Å². The van der Waals surface area contributed by atoms with Gasteiger partial charge in [-0.05, 0) is 12.8 Å². The summed E-state index contributed by atoms with van der Waals surface area (Å²) < 4.78 is 0. The van der Waals surface area contributed by atoms with Crippen LogP contribution in [0.3, 0.4) is 0 Å². The van der Waals surface area contributed by atoms with E-state index >= 15 is 0 Å². The molecule has 0 unspecified atom stereocenters. The van der Waals surface area contributed by atoms with Crippen LogP contribution in [0.2, 0.25) is 0 Å². The van der Waals surface area contributed by atoms with Crippen LogP contribution >= 0.6 is 7.26 Å². The van der Waals surface area contributed by atoms with Crippen molar-refractivity contribution >= 4 is 30.6 Å². The molecule has 0 fully saturated rings. The molecule has 5 heteroatoms. The monoisotopic (exact) mass is 351 g/mol. The van der Waals surface area contributed by atoms with Crippen molar-refractivity contribution in [3.8, 4) is 0 Å². The van der Waals surface area contributed by atoms with E-state index in [1.807, 2.05) is 33.6 Å². The first kappa shape index (κ1) is 22.4. The number of rotatable bonds is 12. The third kappa shape index (κ3) is 5.82. The van der Waals surface area contributed by atoms with Gasteiger partial charge in [-0.1, -0.05) is 40.5 Å². The van der Waals surface area contributed by atoms with Gasteiger partial charge in [-0.2, -0.15) is 0 Å². The lowest BCUT2D eigenvalue weighted by Gasteiger charge is -2.27. The number of unbranched alkanes of at least 4 members (excludes halogenated alkanes) is 2. The second kappa shape index (κ2) is 11.9. The lowest BCUT2D eigenvalue weighted by atomic mass is 10.2. The summed E-state index contributed by atoms with van der Waals surface area (Å²) in [5, 5.41) is 0.185. The fourth-order valence-electron chi connectivity index (χ4n) is 2.75. The first-order valence-electron chi connectivity index (χ1n) is 8.55. The van der Waals surface area contributed by atoms with Gasteiger partial charge in [0.2, 0.25) is 0 Å². The van der Waals surface area contributed by atoms with E-state index in [1.165, 1.54) is 0 Å². The van der Waals surface area contributed by atoms with Crippen LogP contribution in [0.5, 0.6) is 0 Å². The molecule has 0 saturated carbocycles. The molecule has 0 aromatic rings. The largest absolute Gasteiger partial charge is 0.276 e. The lowest BCUT2D eigenvalue weighted by molar-refractivity contribution is -0.114. The summed E-state index contributed by atoms with van der Waals surface area (Å²) in [6, 6.07) is 0. The molecule has 4 nitrogen and oxygen atoms in total. The lowest BCUT2D eigenvalue weighted by Crippen LogP contribution is -2.22. The Kier molecular flexibility index (Phi) is 11.1. The van der Waals surface area contributed by atoms with Crippen LogP contribution < -0.4 is 0 Å². The molecule has 0 aromatic heterocycles. The maximum Gasteiger partial charge on any atom is 0.276 e. The standard InChI is InChI=1S/C19H28O4P/c1-5-7-12-24(13-8-6-2,19(23)16(3)4)18(15-22)17(14-21)10-9-11-20/h9,16H,5-8,10,12-13H2,1-4H3/q+1. The van der Waals surface area contributed by atoms with E-state index in [0.717, 1.165) is 31.8 Å². The number of allylic oxidation sites excluding steroid dienone is 3. The van der Waals surface area contributed by atoms with Crippen LogP contribution in [0, 0.1) is 5.92 Å². The van der Waals surface area contributed by atoms with Gasteiger partial charge >= 0.3 is 0 Å². The van der Waals surface area contributed by atoms with Crippen molar-refractivity contribution in [2.45, 2.75) is 59.8 Å². The Labute approximate surface area is 145 Å². The Bertz CT molecular complexity index is 564. The zero-order valence-electron chi connectivity index (χ0n) is 15.2. The van der Waals surface area contributed by atoms with E-state index in [9.17, 15) is 19.2 Å². The molecule has 0 heterocycles. The Balaban J connectivity index is 6.26. The summed E-state index contributed by atoms with van der Waals surface area (Å²) in [6.07, 6.45) is 5.78. The average molecular weight is 351 g/mol. The molecule has 0 rings (SSSR count). The van der Waals surface area contributed by atoms with E-state index in [4.69, 9.17) is 0 Å². The highest BCUT2D eigenvalue weighted by molar-refractivity contribution is 7.94. The first-order valence-corrected chi connectivity index (χ1v) is 10.7. The molecule has 0 saturated heterocycles. The fraction of sp³-hybridized carbons (Fsp3) is 0.632. The molecule has 24 heavy (non-hydrogen) atoms. The SMILES string of the molecule is CCCC[P+](CCCC)(C(=O)C(C)C)C(=C=O)C(=C=O)CC=C=O. The van der Waals surface area contributed by atoms with Crippen LogP contribution in [-0.4, -0.2) is 35.7 Å². The van der Waals surface area contributed by atoms with Crippen molar-refractivity contribution in [2.75, 3.05) is 12.3 Å². The van der Waals surface area contributed by atoms with Gasteiger partial charge in [0.05, 0.1) is 23.8 Å². The van der Waals surface area contributed by atoms with E-state index in [2.05, 4.69) is 0 Å². The van der Waals surface area contributed by atoms with Gasteiger partial charge in [-0.15, -0.1) is 0 Å². The fourth-order valence-corrected chi connectivity index (χ4v) is 7.61. The number of hydrogen-bond acceptors (Lipinski definition) is 4. The molecule has 0 aliphatic rings. The zero-order chi connectivity index (χ0) is 18.6. The smallest absolute Gasteiger partial charge is 0.252 e.